The number of rotatable bonds is 12. The molecule has 36 heavy (non-hydrogen) atoms. The monoisotopic (exact) mass is 520 g/mol. The molecule has 0 aliphatic carbocycles. The Morgan fingerprint density at radius 3 is 1.58 bits per heavy atom. The standard InChI is InChI=1S/C30H30F2N2S2/c31-26-18-21(10-13-24(26)28-15-12-23(20-33)35-28)8-6-4-2-1-3-5-7-9-22-11-14-25(27(32)19-22)29-16-17-30(34)36-29/h10-19H,1-9,34H2. The van der Waals surface area contributed by atoms with Crippen LogP contribution in [-0.4, -0.2) is 0 Å². The Hall–Kier alpha value is -3.01. The van der Waals surface area contributed by atoms with Gasteiger partial charge in [0.25, 0.3) is 0 Å². The van der Waals surface area contributed by atoms with Crippen molar-refractivity contribution in [1.29, 1.82) is 5.26 Å². The lowest BCUT2D eigenvalue weighted by molar-refractivity contribution is 0.576. The summed E-state index contributed by atoms with van der Waals surface area (Å²) in [5.41, 5.74) is 9.02. The molecule has 0 aliphatic rings. The van der Waals surface area contributed by atoms with Gasteiger partial charge in [0.2, 0.25) is 0 Å². The number of thiophene rings is 2. The first kappa shape index (κ1) is 26.1. The van der Waals surface area contributed by atoms with Crippen LogP contribution in [-0.2, 0) is 12.8 Å². The van der Waals surface area contributed by atoms with Gasteiger partial charge in [0.15, 0.2) is 0 Å². The summed E-state index contributed by atoms with van der Waals surface area (Å²) in [5.74, 6) is -0.395. The van der Waals surface area contributed by atoms with Crippen LogP contribution in [0, 0.1) is 23.0 Å². The Morgan fingerprint density at radius 1 is 0.639 bits per heavy atom. The second-order valence-corrected chi connectivity index (χ2v) is 11.3. The molecule has 0 saturated carbocycles. The summed E-state index contributed by atoms with van der Waals surface area (Å²) in [6, 6.07) is 20.3. The van der Waals surface area contributed by atoms with Gasteiger partial charge in [0.1, 0.15) is 22.6 Å². The van der Waals surface area contributed by atoms with Crippen molar-refractivity contribution in [3.05, 3.63) is 88.3 Å². The number of nitrogens with two attached hydrogens (primary N) is 1. The van der Waals surface area contributed by atoms with Gasteiger partial charge in [-0.3, -0.25) is 0 Å². The first-order chi connectivity index (χ1) is 17.5. The molecular weight excluding hydrogens is 490 g/mol. The first-order valence-corrected chi connectivity index (χ1v) is 14.1. The molecule has 0 fully saturated rings. The fourth-order valence-corrected chi connectivity index (χ4v) is 6.04. The number of hydrogen-bond donors (Lipinski definition) is 1. The molecule has 0 atom stereocenters. The average Bonchev–Trinajstić information content (AvgIpc) is 3.52. The van der Waals surface area contributed by atoms with E-state index in [0.29, 0.717) is 21.0 Å². The van der Waals surface area contributed by atoms with E-state index < -0.39 is 0 Å². The Balaban J connectivity index is 1.09. The molecule has 0 aliphatic heterocycles. The summed E-state index contributed by atoms with van der Waals surface area (Å²) in [6.45, 7) is 0. The summed E-state index contributed by atoms with van der Waals surface area (Å²) in [7, 11) is 0. The van der Waals surface area contributed by atoms with E-state index >= 15 is 0 Å². The van der Waals surface area contributed by atoms with Crippen molar-refractivity contribution in [2.24, 2.45) is 0 Å². The van der Waals surface area contributed by atoms with E-state index in [9.17, 15) is 8.78 Å². The number of nitriles is 1. The van der Waals surface area contributed by atoms with Crippen LogP contribution in [0.15, 0.2) is 60.7 Å². The van der Waals surface area contributed by atoms with Crippen molar-refractivity contribution in [2.45, 2.75) is 57.8 Å². The lowest BCUT2D eigenvalue weighted by Crippen LogP contribution is -1.91. The molecule has 2 heterocycles. The van der Waals surface area contributed by atoms with E-state index in [2.05, 4.69) is 6.07 Å². The predicted molar refractivity (Wildman–Crippen MR) is 148 cm³/mol. The van der Waals surface area contributed by atoms with E-state index in [1.807, 2.05) is 36.4 Å². The first-order valence-electron chi connectivity index (χ1n) is 12.5. The van der Waals surface area contributed by atoms with Crippen molar-refractivity contribution in [3.63, 3.8) is 0 Å². The van der Waals surface area contributed by atoms with Gasteiger partial charge in [-0.15, -0.1) is 22.7 Å². The van der Waals surface area contributed by atoms with Crippen LogP contribution in [0.1, 0.15) is 60.9 Å². The molecule has 0 saturated heterocycles. The normalized spacial score (nSPS) is 11.0. The van der Waals surface area contributed by atoms with Crippen LogP contribution in [0.4, 0.5) is 13.8 Å². The van der Waals surface area contributed by atoms with Crippen molar-refractivity contribution < 1.29 is 8.78 Å². The SMILES string of the molecule is N#Cc1ccc(-c2ccc(CCCCCCCCCc3ccc(-c4ccc(N)s4)c(F)c3)cc2F)s1. The highest BCUT2D eigenvalue weighted by atomic mass is 32.1. The van der Waals surface area contributed by atoms with Crippen molar-refractivity contribution in [1.82, 2.24) is 0 Å². The van der Waals surface area contributed by atoms with Crippen LogP contribution in [0.5, 0.6) is 0 Å². The van der Waals surface area contributed by atoms with E-state index in [4.69, 9.17) is 11.0 Å². The zero-order valence-electron chi connectivity index (χ0n) is 20.2. The zero-order chi connectivity index (χ0) is 25.3. The molecular formula is C30H30F2N2S2. The van der Waals surface area contributed by atoms with Gasteiger partial charge in [-0.1, -0.05) is 56.4 Å². The smallest absolute Gasteiger partial charge is 0.132 e. The quantitative estimate of drug-likeness (QED) is 0.189. The third-order valence-corrected chi connectivity index (χ3v) is 8.34. The summed E-state index contributed by atoms with van der Waals surface area (Å²) in [6.07, 6.45) is 9.74. The van der Waals surface area contributed by atoms with Crippen LogP contribution in [0.2, 0.25) is 0 Å². The van der Waals surface area contributed by atoms with Crippen LogP contribution < -0.4 is 5.73 Å². The number of unbranched alkanes of at least 4 members (excludes halogenated alkanes) is 6. The van der Waals surface area contributed by atoms with Gasteiger partial charge in [0.05, 0.1) is 5.00 Å². The maximum absolute atomic E-state index is 14.5. The molecule has 0 radical (unpaired) electrons. The second kappa shape index (κ2) is 12.8. The molecule has 2 nitrogen and oxygen atoms in total. The second-order valence-electron chi connectivity index (χ2n) is 9.08. The molecule has 0 bridgehead atoms. The highest BCUT2D eigenvalue weighted by molar-refractivity contribution is 7.19. The lowest BCUT2D eigenvalue weighted by Gasteiger charge is -2.06. The zero-order valence-corrected chi connectivity index (χ0v) is 21.9. The minimum absolute atomic E-state index is 0.177. The van der Waals surface area contributed by atoms with Gasteiger partial charge in [-0.05, 0) is 73.2 Å². The van der Waals surface area contributed by atoms with Crippen LogP contribution in [0.25, 0.3) is 20.9 Å². The molecule has 2 aromatic heterocycles. The average molecular weight is 521 g/mol. The predicted octanol–water partition coefficient (Wildman–Crippen LogP) is 9.39. The molecule has 186 valence electrons. The van der Waals surface area contributed by atoms with Gasteiger partial charge in [0, 0.05) is 20.9 Å². The Bertz CT molecular complexity index is 1330. The number of hydrogen-bond acceptors (Lipinski definition) is 4. The molecule has 6 heteroatoms. The van der Waals surface area contributed by atoms with Crippen molar-refractivity contribution in [3.8, 4) is 27.0 Å². The molecule has 4 aromatic rings. The van der Waals surface area contributed by atoms with Gasteiger partial charge in [-0.2, -0.15) is 5.26 Å². The number of anilines is 1. The molecule has 0 spiro atoms. The minimum Gasteiger partial charge on any atom is -0.391 e. The van der Waals surface area contributed by atoms with E-state index in [0.717, 1.165) is 59.4 Å². The maximum atomic E-state index is 14.5. The Kier molecular flexibility index (Phi) is 9.27. The van der Waals surface area contributed by atoms with Gasteiger partial charge in [-0.25, -0.2) is 8.78 Å². The highest BCUT2D eigenvalue weighted by Gasteiger charge is 2.10. The summed E-state index contributed by atoms with van der Waals surface area (Å²) in [4.78, 5) is 2.26. The molecule has 0 unspecified atom stereocenters. The third-order valence-electron chi connectivity index (χ3n) is 6.37. The topological polar surface area (TPSA) is 49.8 Å². The molecule has 2 N–H and O–H groups in total. The largest absolute Gasteiger partial charge is 0.391 e. The van der Waals surface area contributed by atoms with Crippen LogP contribution in [0.3, 0.4) is 0 Å². The number of benzene rings is 2. The summed E-state index contributed by atoms with van der Waals surface area (Å²) in [5, 5.41) is 9.66. The summed E-state index contributed by atoms with van der Waals surface area (Å²) >= 11 is 2.72. The van der Waals surface area contributed by atoms with Crippen molar-refractivity contribution >= 4 is 27.7 Å². The highest BCUT2D eigenvalue weighted by Crippen LogP contribution is 2.32. The fourth-order valence-electron chi connectivity index (χ4n) is 4.41. The van der Waals surface area contributed by atoms with E-state index in [1.54, 1.807) is 24.3 Å². The maximum Gasteiger partial charge on any atom is 0.132 e. The minimum atomic E-state index is -0.218. The van der Waals surface area contributed by atoms with E-state index in [1.165, 1.54) is 41.9 Å². The lowest BCUT2D eigenvalue weighted by atomic mass is 10.0. The van der Waals surface area contributed by atoms with Crippen LogP contribution >= 0.6 is 22.7 Å². The summed E-state index contributed by atoms with van der Waals surface area (Å²) < 4.78 is 29.0. The van der Waals surface area contributed by atoms with Gasteiger partial charge < -0.3 is 5.73 Å². The fraction of sp³-hybridized carbons (Fsp3) is 0.300. The third kappa shape index (κ3) is 7.02. The number of aryl methyl sites for hydroxylation is 2. The van der Waals surface area contributed by atoms with Gasteiger partial charge >= 0.3 is 0 Å². The Morgan fingerprint density at radius 2 is 1.14 bits per heavy atom. The number of nitrogen functional groups attached to an aromatic ring is 1. The molecule has 2 aromatic carbocycles. The Labute approximate surface area is 220 Å². The number of halogens is 2. The number of nitrogens with zero attached hydrogens (tertiary/aromatic N) is 1. The molecule has 4 rings (SSSR count). The van der Waals surface area contributed by atoms with Crippen molar-refractivity contribution in [2.75, 3.05) is 5.73 Å². The van der Waals surface area contributed by atoms with E-state index in [-0.39, 0.29) is 11.6 Å². The molecule has 0 amide bonds.